The van der Waals surface area contributed by atoms with Crippen molar-refractivity contribution in [2.24, 2.45) is 0 Å². The molecule has 0 fully saturated rings. The van der Waals surface area contributed by atoms with Crippen LogP contribution < -0.4 is 10.1 Å². The number of aromatic nitrogens is 2. The molecule has 8 heteroatoms. The second-order valence-corrected chi connectivity index (χ2v) is 3.36. The second-order valence-electron chi connectivity index (χ2n) is 3.36. The lowest BCUT2D eigenvalue weighted by molar-refractivity contribution is -0.145. The van der Waals surface area contributed by atoms with Gasteiger partial charge in [0.2, 0.25) is 11.7 Å². The maximum Gasteiger partial charge on any atom is 0.451 e. The molecule has 102 valence electrons. The zero-order chi connectivity index (χ0) is 13.6. The Labute approximate surface area is 102 Å². The van der Waals surface area contributed by atoms with Crippen LogP contribution in [0.2, 0.25) is 0 Å². The van der Waals surface area contributed by atoms with Gasteiger partial charge in [0.25, 0.3) is 0 Å². The molecule has 1 rings (SSSR count). The molecule has 0 aliphatic carbocycles. The molecule has 0 saturated heterocycles. The molecule has 0 spiro atoms. The first-order valence-corrected chi connectivity index (χ1v) is 5.23. The van der Waals surface area contributed by atoms with Crippen molar-refractivity contribution in [2.75, 3.05) is 32.7 Å². The Morgan fingerprint density at radius 1 is 1.28 bits per heavy atom. The predicted octanol–water partition coefficient (Wildman–Crippen LogP) is 1.95. The van der Waals surface area contributed by atoms with Crippen molar-refractivity contribution in [3.8, 4) is 5.88 Å². The highest BCUT2D eigenvalue weighted by Gasteiger charge is 2.35. The fourth-order valence-electron chi connectivity index (χ4n) is 1.13. The summed E-state index contributed by atoms with van der Waals surface area (Å²) in [4.78, 5) is 6.63. The first-order valence-electron chi connectivity index (χ1n) is 5.23. The lowest BCUT2D eigenvalue weighted by Crippen LogP contribution is -2.14. The highest BCUT2D eigenvalue weighted by Crippen LogP contribution is 2.28. The lowest BCUT2D eigenvalue weighted by atomic mass is 10.4. The molecule has 1 aromatic rings. The van der Waals surface area contributed by atoms with Crippen LogP contribution in [0.5, 0.6) is 5.88 Å². The number of alkyl halides is 3. The number of anilines is 1. The summed E-state index contributed by atoms with van der Waals surface area (Å²) in [5.41, 5.74) is 0. The smallest absolute Gasteiger partial charge is 0.451 e. The predicted molar refractivity (Wildman–Crippen MR) is 58.6 cm³/mol. The van der Waals surface area contributed by atoms with Gasteiger partial charge in [-0.15, -0.1) is 0 Å². The summed E-state index contributed by atoms with van der Waals surface area (Å²) in [5, 5.41) is 2.53. The maximum absolute atomic E-state index is 12.5. The van der Waals surface area contributed by atoms with E-state index in [1.165, 1.54) is 20.2 Å². The Balaban J connectivity index is 2.78. The molecule has 0 aromatic carbocycles. The molecule has 1 heterocycles. The van der Waals surface area contributed by atoms with E-state index in [1.807, 2.05) is 0 Å². The van der Waals surface area contributed by atoms with E-state index >= 15 is 0 Å². The standard InChI is InChI=1S/C10H14F3N3O2/c1-14-7-6-8(18-5-3-4-17-2)16-9(15-7)10(11,12)13/h6H,3-5H2,1-2H3,(H,14,15,16). The number of hydrogen-bond donors (Lipinski definition) is 1. The third-order valence-corrected chi connectivity index (χ3v) is 1.96. The van der Waals surface area contributed by atoms with Crippen LogP contribution in [0.25, 0.3) is 0 Å². The molecule has 0 saturated carbocycles. The third kappa shape index (κ3) is 4.36. The summed E-state index contributed by atoms with van der Waals surface area (Å²) in [7, 11) is 3.00. The van der Waals surface area contributed by atoms with Gasteiger partial charge in [0.05, 0.1) is 6.61 Å². The summed E-state index contributed by atoms with van der Waals surface area (Å²) in [6, 6.07) is 1.31. The van der Waals surface area contributed by atoms with Crippen LogP contribution in [-0.2, 0) is 10.9 Å². The van der Waals surface area contributed by atoms with Crippen molar-refractivity contribution >= 4 is 5.82 Å². The normalized spacial score (nSPS) is 11.4. The quantitative estimate of drug-likeness (QED) is 0.797. The van der Waals surface area contributed by atoms with E-state index < -0.39 is 12.0 Å². The van der Waals surface area contributed by atoms with Gasteiger partial charge in [-0.2, -0.15) is 18.2 Å². The Morgan fingerprint density at radius 3 is 2.56 bits per heavy atom. The topological polar surface area (TPSA) is 56.3 Å². The first kappa shape index (κ1) is 14.5. The average Bonchev–Trinajstić information content (AvgIpc) is 2.33. The van der Waals surface area contributed by atoms with E-state index in [4.69, 9.17) is 9.47 Å². The van der Waals surface area contributed by atoms with Gasteiger partial charge in [0.1, 0.15) is 5.82 Å². The number of nitrogens with zero attached hydrogens (tertiary/aromatic N) is 2. The van der Waals surface area contributed by atoms with Crippen molar-refractivity contribution < 1.29 is 22.6 Å². The highest BCUT2D eigenvalue weighted by atomic mass is 19.4. The largest absolute Gasteiger partial charge is 0.477 e. The summed E-state index contributed by atoms with van der Waals surface area (Å²) >= 11 is 0. The van der Waals surface area contributed by atoms with E-state index in [0.717, 1.165) is 0 Å². The minimum atomic E-state index is -4.60. The van der Waals surface area contributed by atoms with Crippen LogP contribution in [0, 0.1) is 0 Å². The van der Waals surface area contributed by atoms with Gasteiger partial charge >= 0.3 is 6.18 Å². The summed E-state index contributed by atoms with van der Waals surface area (Å²) in [6.45, 7) is 0.696. The molecule has 5 nitrogen and oxygen atoms in total. The minimum Gasteiger partial charge on any atom is -0.477 e. The van der Waals surface area contributed by atoms with Crippen molar-refractivity contribution in [3.63, 3.8) is 0 Å². The second kappa shape index (κ2) is 6.39. The molecular weight excluding hydrogens is 251 g/mol. The van der Waals surface area contributed by atoms with Crippen molar-refractivity contribution in [2.45, 2.75) is 12.6 Å². The van der Waals surface area contributed by atoms with Gasteiger partial charge in [-0.3, -0.25) is 0 Å². The molecular formula is C10H14F3N3O2. The molecule has 0 amide bonds. The van der Waals surface area contributed by atoms with Crippen molar-refractivity contribution in [1.29, 1.82) is 0 Å². The van der Waals surface area contributed by atoms with E-state index in [2.05, 4.69) is 15.3 Å². The van der Waals surface area contributed by atoms with Gasteiger partial charge in [-0.05, 0) is 0 Å². The Bertz CT molecular complexity index is 385. The molecule has 0 aliphatic rings. The number of ether oxygens (including phenoxy) is 2. The Hall–Kier alpha value is -1.57. The first-order chi connectivity index (χ1) is 8.47. The number of methoxy groups -OCH3 is 1. The molecule has 0 atom stereocenters. The van der Waals surface area contributed by atoms with Crippen molar-refractivity contribution in [1.82, 2.24) is 9.97 Å². The average molecular weight is 265 g/mol. The SMILES string of the molecule is CNc1cc(OCCCOC)nc(C(F)(F)F)n1. The maximum atomic E-state index is 12.5. The third-order valence-electron chi connectivity index (χ3n) is 1.96. The fraction of sp³-hybridized carbons (Fsp3) is 0.600. The molecule has 0 aliphatic heterocycles. The monoisotopic (exact) mass is 265 g/mol. The number of halogens is 3. The van der Waals surface area contributed by atoms with Gasteiger partial charge in [-0.25, -0.2) is 4.98 Å². The van der Waals surface area contributed by atoms with Gasteiger partial charge in [0, 0.05) is 33.3 Å². The molecule has 1 aromatic heterocycles. The van der Waals surface area contributed by atoms with Gasteiger partial charge in [-0.1, -0.05) is 0 Å². The molecule has 0 bridgehead atoms. The number of nitrogens with one attached hydrogen (secondary N) is 1. The molecule has 18 heavy (non-hydrogen) atoms. The lowest BCUT2D eigenvalue weighted by Gasteiger charge is -2.10. The van der Waals surface area contributed by atoms with E-state index in [-0.39, 0.29) is 18.3 Å². The molecule has 0 radical (unpaired) electrons. The Kier molecular flexibility index (Phi) is 5.14. The van der Waals surface area contributed by atoms with Crippen LogP contribution in [-0.4, -0.2) is 37.3 Å². The molecule has 1 N–H and O–H groups in total. The van der Waals surface area contributed by atoms with Crippen molar-refractivity contribution in [3.05, 3.63) is 11.9 Å². The van der Waals surface area contributed by atoms with Crippen LogP contribution in [0.4, 0.5) is 19.0 Å². The van der Waals surface area contributed by atoms with Crippen LogP contribution in [0.1, 0.15) is 12.2 Å². The van der Waals surface area contributed by atoms with E-state index in [9.17, 15) is 13.2 Å². The Morgan fingerprint density at radius 2 is 2.00 bits per heavy atom. The fourth-order valence-corrected chi connectivity index (χ4v) is 1.13. The zero-order valence-electron chi connectivity index (χ0n) is 10.0. The van der Waals surface area contributed by atoms with E-state index in [0.29, 0.717) is 13.0 Å². The van der Waals surface area contributed by atoms with Crippen LogP contribution >= 0.6 is 0 Å². The number of rotatable bonds is 6. The zero-order valence-corrected chi connectivity index (χ0v) is 10.0. The minimum absolute atomic E-state index is 0.0547. The summed E-state index contributed by atoms with van der Waals surface area (Å²) in [6.07, 6.45) is -4.03. The molecule has 0 unspecified atom stereocenters. The number of hydrogen-bond acceptors (Lipinski definition) is 5. The highest BCUT2D eigenvalue weighted by molar-refractivity contribution is 5.38. The van der Waals surface area contributed by atoms with Gasteiger partial charge < -0.3 is 14.8 Å². The van der Waals surface area contributed by atoms with Crippen LogP contribution in [0.15, 0.2) is 6.07 Å². The van der Waals surface area contributed by atoms with Gasteiger partial charge in [0.15, 0.2) is 0 Å². The summed E-state index contributed by atoms with van der Waals surface area (Å²) in [5.74, 6) is -1.28. The van der Waals surface area contributed by atoms with E-state index in [1.54, 1.807) is 0 Å². The van der Waals surface area contributed by atoms with Crippen LogP contribution in [0.3, 0.4) is 0 Å². The summed E-state index contributed by atoms with van der Waals surface area (Å²) < 4.78 is 47.4.